The van der Waals surface area contributed by atoms with Gasteiger partial charge in [0.05, 0.1) is 49.9 Å². The maximum absolute atomic E-state index is 14.9. The molecule has 7 nitrogen and oxygen atoms in total. The lowest BCUT2D eigenvalue weighted by Crippen LogP contribution is -2.36. The number of rotatable bonds is 6. The van der Waals surface area contributed by atoms with Crippen molar-refractivity contribution < 1.29 is 23.4 Å². The summed E-state index contributed by atoms with van der Waals surface area (Å²) in [6, 6.07) is 19.4. The highest BCUT2D eigenvalue weighted by Gasteiger charge is 2.18. The van der Waals surface area contributed by atoms with Gasteiger partial charge in [-0.3, -0.25) is 4.79 Å². The van der Waals surface area contributed by atoms with Gasteiger partial charge in [0, 0.05) is 29.7 Å². The molecule has 0 atom stereocenters. The van der Waals surface area contributed by atoms with Crippen LogP contribution in [-0.4, -0.2) is 51.4 Å². The summed E-state index contributed by atoms with van der Waals surface area (Å²) in [5.74, 6) is 0.420. The summed E-state index contributed by atoms with van der Waals surface area (Å²) in [6.07, 6.45) is 0. The van der Waals surface area contributed by atoms with Crippen LogP contribution in [0.2, 0.25) is 0 Å². The number of nitrogens with zero attached hydrogens (tertiary/aromatic N) is 2. The minimum atomic E-state index is -0.389. The Bertz CT molecular complexity index is 1420. The van der Waals surface area contributed by atoms with E-state index in [2.05, 4.69) is 5.32 Å². The van der Waals surface area contributed by atoms with Crippen molar-refractivity contribution in [2.75, 3.05) is 50.7 Å². The van der Waals surface area contributed by atoms with Crippen LogP contribution in [0, 0.1) is 5.82 Å². The molecular weight excluding hydrogens is 461 g/mol. The average molecular weight is 488 g/mol. The lowest BCUT2D eigenvalue weighted by Gasteiger charge is -2.29. The Morgan fingerprint density at radius 3 is 2.50 bits per heavy atom. The summed E-state index contributed by atoms with van der Waals surface area (Å²) in [5.41, 5.74) is 3.36. The molecule has 0 bridgehead atoms. The summed E-state index contributed by atoms with van der Waals surface area (Å²) < 4.78 is 31.0. The van der Waals surface area contributed by atoms with Crippen molar-refractivity contribution in [1.29, 1.82) is 0 Å². The summed E-state index contributed by atoms with van der Waals surface area (Å²) >= 11 is 0. The Morgan fingerprint density at radius 1 is 0.972 bits per heavy atom. The van der Waals surface area contributed by atoms with Gasteiger partial charge in [-0.25, -0.2) is 9.37 Å². The number of nitrogens with one attached hydrogen (secondary N) is 1. The van der Waals surface area contributed by atoms with E-state index < -0.39 is 0 Å². The number of fused-ring (bicyclic) bond motifs is 1. The lowest BCUT2D eigenvalue weighted by molar-refractivity contribution is 0.102. The fourth-order valence-electron chi connectivity index (χ4n) is 4.35. The fourth-order valence-corrected chi connectivity index (χ4v) is 4.35. The van der Waals surface area contributed by atoms with Gasteiger partial charge in [-0.15, -0.1) is 0 Å². The van der Waals surface area contributed by atoms with Gasteiger partial charge < -0.3 is 24.4 Å². The first-order valence-corrected chi connectivity index (χ1v) is 11.6. The monoisotopic (exact) mass is 487 g/mol. The van der Waals surface area contributed by atoms with E-state index in [4.69, 9.17) is 19.2 Å². The van der Waals surface area contributed by atoms with E-state index in [1.165, 1.54) is 6.07 Å². The first-order valence-electron chi connectivity index (χ1n) is 11.6. The second-order valence-corrected chi connectivity index (χ2v) is 8.36. The van der Waals surface area contributed by atoms with Crippen LogP contribution in [0.5, 0.6) is 11.5 Å². The maximum atomic E-state index is 14.9. The average Bonchev–Trinajstić information content (AvgIpc) is 2.92. The highest BCUT2D eigenvalue weighted by molar-refractivity contribution is 6.13. The van der Waals surface area contributed by atoms with Crippen LogP contribution >= 0.6 is 0 Å². The van der Waals surface area contributed by atoms with Crippen LogP contribution in [0.3, 0.4) is 0 Å². The van der Waals surface area contributed by atoms with Crippen LogP contribution in [0.15, 0.2) is 66.7 Å². The van der Waals surface area contributed by atoms with Crippen LogP contribution < -0.4 is 19.7 Å². The van der Waals surface area contributed by atoms with Gasteiger partial charge in [-0.1, -0.05) is 18.2 Å². The minimum Gasteiger partial charge on any atom is -0.493 e. The number of para-hydroxylation sites is 1. The van der Waals surface area contributed by atoms with Crippen molar-refractivity contribution in [3.8, 4) is 22.8 Å². The number of carbonyl (C=O) groups is 1. The van der Waals surface area contributed by atoms with Gasteiger partial charge in [0.2, 0.25) is 0 Å². The number of benzene rings is 3. The third-order valence-electron chi connectivity index (χ3n) is 6.20. The predicted octanol–water partition coefficient (Wildman–Crippen LogP) is 5.15. The van der Waals surface area contributed by atoms with Gasteiger partial charge in [0.25, 0.3) is 5.91 Å². The predicted molar refractivity (Wildman–Crippen MR) is 138 cm³/mol. The Labute approximate surface area is 208 Å². The first kappa shape index (κ1) is 23.6. The molecule has 5 rings (SSSR count). The molecule has 36 heavy (non-hydrogen) atoms. The number of ether oxygens (including phenoxy) is 3. The number of anilines is 2. The number of halogens is 1. The fraction of sp³-hybridized carbons (Fsp3) is 0.214. The second kappa shape index (κ2) is 10.2. The third kappa shape index (κ3) is 4.67. The van der Waals surface area contributed by atoms with Crippen molar-refractivity contribution in [3.05, 3.63) is 78.1 Å². The Kier molecular flexibility index (Phi) is 6.69. The molecule has 0 spiro atoms. The Balaban J connectivity index is 1.48. The van der Waals surface area contributed by atoms with E-state index in [0.29, 0.717) is 71.3 Å². The second-order valence-electron chi connectivity index (χ2n) is 8.36. The highest BCUT2D eigenvalue weighted by atomic mass is 19.1. The quantitative estimate of drug-likeness (QED) is 0.406. The molecule has 0 saturated carbocycles. The van der Waals surface area contributed by atoms with Crippen molar-refractivity contribution in [3.63, 3.8) is 0 Å². The smallest absolute Gasteiger partial charge is 0.256 e. The topological polar surface area (TPSA) is 72.9 Å². The Hall–Kier alpha value is -4.17. The zero-order valence-corrected chi connectivity index (χ0v) is 20.1. The molecule has 0 unspecified atom stereocenters. The molecule has 0 aliphatic carbocycles. The van der Waals surface area contributed by atoms with E-state index in [-0.39, 0.29) is 11.7 Å². The highest BCUT2D eigenvalue weighted by Crippen LogP contribution is 2.33. The zero-order chi connectivity index (χ0) is 25.1. The van der Waals surface area contributed by atoms with Crippen molar-refractivity contribution in [1.82, 2.24) is 4.98 Å². The standard InChI is InChI=1S/C28H26FN3O4/c1-34-26-10-7-18(15-27(26)35-2)24-17-21(20-5-3-4-6-23(20)31-24)28(33)30-19-8-9-25(22(29)16-19)32-11-13-36-14-12-32/h3-10,15-17H,11-14H2,1-2H3,(H,30,33). The molecule has 1 fully saturated rings. The SMILES string of the molecule is COc1ccc(-c2cc(C(=O)Nc3ccc(N4CCOCC4)c(F)c3)c3ccccc3n2)cc1OC. The third-order valence-corrected chi connectivity index (χ3v) is 6.20. The van der Waals surface area contributed by atoms with Crippen molar-refractivity contribution in [2.24, 2.45) is 0 Å². The number of aromatic nitrogens is 1. The number of methoxy groups -OCH3 is 2. The molecule has 3 aromatic carbocycles. The molecule has 2 heterocycles. The van der Waals surface area contributed by atoms with E-state index in [9.17, 15) is 9.18 Å². The molecule has 1 aromatic heterocycles. The summed E-state index contributed by atoms with van der Waals surface area (Å²) in [6.45, 7) is 2.39. The molecule has 1 amide bonds. The largest absolute Gasteiger partial charge is 0.493 e. The maximum Gasteiger partial charge on any atom is 0.256 e. The van der Waals surface area contributed by atoms with Gasteiger partial charge in [0.1, 0.15) is 5.82 Å². The molecule has 184 valence electrons. The number of amides is 1. The van der Waals surface area contributed by atoms with Crippen molar-refractivity contribution >= 4 is 28.2 Å². The van der Waals surface area contributed by atoms with Gasteiger partial charge >= 0.3 is 0 Å². The first-order chi connectivity index (χ1) is 17.6. The molecule has 4 aromatic rings. The van der Waals surface area contributed by atoms with Crippen molar-refractivity contribution in [2.45, 2.75) is 0 Å². The number of pyridine rings is 1. The number of carbonyl (C=O) groups excluding carboxylic acids is 1. The van der Waals surface area contributed by atoms with Crippen LogP contribution in [0.1, 0.15) is 10.4 Å². The summed E-state index contributed by atoms with van der Waals surface area (Å²) in [5, 5.41) is 3.54. The summed E-state index contributed by atoms with van der Waals surface area (Å²) in [7, 11) is 3.14. The van der Waals surface area contributed by atoms with E-state index in [1.807, 2.05) is 41.3 Å². The zero-order valence-electron chi connectivity index (χ0n) is 20.1. The number of hydrogen-bond acceptors (Lipinski definition) is 6. The molecule has 8 heteroatoms. The minimum absolute atomic E-state index is 0.353. The molecule has 0 radical (unpaired) electrons. The molecule has 1 saturated heterocycles. The molecular formula is C28H26FN3O4. The molecule has 1 aliphatic heterocycles. The van der Waals surface area contributed by atoms with Gasteiger partial charge in [0.15, 0.2) is 11.5 Å². The lowest BCUT2D eigenvalue weighted by atomic mass is 10.0. The summed E-state index contributed by atoms with van der Waals surface area (Å²) in [4.78, 5) is 20.1. The molecule has 1 aliphatic rings. The van der Waals surface area contributed by atoms with Gasteiger partial charge in [-0.2, -0.15) is 0 Å². The van der Waals surface area contributed by atoms with Crippen LogP contribution in [0.25, 0.3) is 22.2 Å². The van der Waals surface area contributed by atoms with Gasteiger partial charge in [-0.05, 0) is 48.5 Å². The van der Waals surface area contributed by atoms with E-state index in [1.54, 1.807) is 38.5 Å². The van der Waals surface area contributed by atoms with Crippen LogP contribution in [-0.2, 0) is 4.74 Å². The van der Waals surface area contributed by atoms with E-state index >= 15 is 0 Å². The van der Waals surface area contributed by atoms with Crippen LogP contribution in [0.4, 0.5) is 15.8 Å². The van der Waals surface area contributed by atoms with E-state index in [0.717, 1.165) is 5.56 Å². The number of morpholine rings is 1. The normalized spacial score (nSPS) is 13.5. The number of hydrogen-bond donors (Lipinski definition) is 1. The molecule has 1 N–H and O–H groups in total. The Morgan fingerprint density at radius 2 is 1.75 bits per heavy atom.